The number of allylic oxidation sites excluding steroid dienone is 1. The number of hydrogen-bond donors (Lipinski definition) is 1. The second kappa shape index (κ2) is 8.50. The number of carbonyl (C=O) groups is 1. The number of ether oxygens (including phenoxy) is 1. The molecule has 1 rings (SSSR count). The normalized spacial score (nSPS) is 12.5. The number of carbonyl (C=O) groups excluding carboxylic acids is 1. The van der Waals surface area contributed by atoms with Crippen LogP contribution in [0.4, 0.5) is 4.79 Å². The minimum atomic E-state index is -0.450. The van der Waals surface area contributed by atoms with Gasteiger partial charge in [-0.3, -0.25) is 0 Å². The minimum absolute atomic E-state index is 0.348. The first kappa shape index (κ1) is 17.3. The van der Waals surface area contributed by atoms with E-state index in [1.54, 1.807) is 0 Å². The van der Waals surface area contributed by atoms with Crippen LogP contribution in [0.1, 0.15) is 39.2 Å². The van der Waals surface area contributed by atoms with Crippen LogP contribution in [0.3, 0.4) is 0 Å². The lowest BCUT2D eigenvalue weighted by Gasteiger charge is -2.20. The molecule has 0 heterocycles. The molecule has 0 saturated carbocycles. The first-order valence-electron chi connectivity index (χ1n) is 7.52. The maximum atomic E-state index is 11.6. The molecule has 1 aromatic rings. The van der Waals surface area contributed by atoms with Gasteiger partial charge in [0.15, 0.2) is 0 Å². The fourth-order valence-electron chi connectivity index (χ4n) is 2.18. The fourth-order valence-corrected chi connectivity index (χ4v) is 2.18. The Morgan fingerprint density at radius 1 is 1.33 bits per heavy atom. The Bertz CT molecular complexity index is 434. The van der Waals surface area contributed by atoms with Crippen LogP contribution >= 0.6 is 0 Å². The molecule has 0 aliphatic rings. The molecule has 3 heteroatoms. The highest BCUT2D eigenvalue weighted by molar-refractivity contribution is 5.67. The molecule has 3 nitrogen and oxygen atoms in total. The lowest BCUT2D eigenvalue weighted by molar-refractivity contribution is 0.0525. The zero-order valence-electron chi connectivity index (χ0n) is 13.4. The van der Waals surface area contributed by atoms with Gasteiger partial charge >= 0.3 is 6.09 Å². The quantitative estimate of drug-likeness (QED) is 0.758. The van der Waals surface area contributed by atoms with E-state index in [4.69, 9.17) is 4.74 Å². The van der Waals surface area contributed by atoms with Gasteiger partial charge in [-0.2, -0.15) is 0 Å². The van der Waals surface area contributed by atoms with Gasteiger partial charge in [0.25, 0.3) is 0 Å². The van der Waals surface area contributed by atoms with E-state index < -0.39 is 5.60 Å². The molecule has 1 aromatic carbocycles. The van der Waals surface area contributed by atoms with E-state index in [2.05, 4.69) is 36.2 Å². The third-order valence-corrected chi connectivity index (χ3v) is 3.09. The fraction of sp³-hybridized carbons (Fsp3) is 0.500. The number of rotatable bonds is 7. The van der Waals surface area contributed by atoms with Gasteiger partial charge in [-0.1, -0.05) is 36.4 Å². The molecule has 0 aliphatic carbocycles. The summed E-state index contributed by atoms with van der Waals surface area (Å²) in [5.41, 5.74) is 0.871. The molecule has 116 valence electrons. The average Bonchev–Trinajstić information content (AvgIpc) is 2.38. The third-order valence-electron chi connectivity index (χ3n) is 3.09. The first-order valence-corrected chi connectivity index (χ1v) is 7.52. The van der Waals surface area contributed by atoms with Crippen molar-refractivity contribution in [1.82, 2.24) is 5.32 Å². The van der Waals surface area contributed by atoms with Crippen LogP contribution < -0.4 is 5.32 Å². The van der Waals surface area contributed by atoms with Crippen molar-refractivity contribution in [3.63, 3.8) is 0 Å². The topological polar surface area (TPSA) is 38.3 Å². The summed E-state index contributed by atoms with van der Waals surface area (Å²) in [5, 5.41) is 2.82. The Labute approximate surface area is 128 Å². The van der Waals surface area contributed by atoms with Crippen molar-refractivity contribution in [3.05, 3.63) is 48.6 Å². The van der Waals surface area contributed by atoms with E-state index in [-0.39, 0.29) is 6.09 Å². The summed E-state index contributed by atoms with van der Waals surface area (Å²) in [6.45, 7) is 10.0. The third kappa shape index (κ3) is 8.18. The van der Waals surface area contributed by atoms with Crippen LogP contribution in [0.2, 0.25) is 0 Å². The van der Waals surface area contributed by atoms with E-state index in [1.165, 1.54) is 5.56 Å². The number of alkyl carbamates (subject to hydrolysis) is 1. The molecule has 1 amide bonds. The highest BCUT2D eigenvalue weighted by Gasteiger charge is 2.16. The van der Waals surface area contributed by atoms with Crippen molar-refractivity contribution in [2.24, 2.45) is 5.92 Å². The van der Waals surface area contributed by atoms with Gasteiger partial charge in [-0.05, 0) is 51.5 Å². The smallest absolute Gasteiger partial charge is 0.407 e. The predicted molar refractivity (Wildman–Crippen MR) is 87.3 cm³/mol. The summed E-state index contributed by atoms with van der Waals surface area (Å²) in [6.07, 6.45) is 4.47. The number of hydrogen-bond acceptors (Lipinski definition) is 2. The molecule has 0 bridgehead atoms. The molecule has 0 spiro atoms. The molecule has 0 saturated heterocycles. The summed E-state index contributed by atoms with van der Waals surface area (Å²) in [4.78, 5) is 11.6. The van der Waals surface area contributed by atoms with Gasteiger partial charge in [-0.25, -0.2) is 4.79 Å². The highest BCUT2D eigenvalue weighted by atomic mass is 16.6. The molecule has 0 aromatic heterocycles. The number of benzene rings is 1. The summed E-state index contributed by atoms with van der Waals surface area (Å²) in [7, 11) is 0. The van der Waals surface area contributed by atoms with Crippen LogP contribution in [0.25, 0.3) is 0 Å². The van der Waals surface area contributed by atoms with Gasteiger partial charge in [0, 0.05) is 6.54 Å². The second-order valence-electron chi connectivity index (χ2n) is 6.30. The van der Waals surface area contributed by atoms with Gasteiger partial charge in [0.05, 0.1) is 0 Å². The first-order chi connectivity index (χ1) is 9.90. The maximum absolute atomic E-state index is 11.6. The monoisotopic (exact) mass is 289 g/mol. The SMILES string of the molecule is C=CC[C@H](CCNC(=O)OC(C)(C)C)Cc1ccccc1. The Morgan fingerprint density at radius 3 is 2.57 bits per heavy atom. The standard InChI is InChI=1S/C18H27NO2/c1-5-9-15(14-16-10-7-6-8-11-16)12-13-19-17(20)21-18(2,3)4/h5-8,10-11,15H,1,9,12-14H2,2-4H3,(H,19,20)/t15-/m1/s1. The largest absolute Gasteiger partial charge is 0.444 e. The summed E-state index contributed by atoms with van der Waals surface area (Å²) in [5.74, 6) is 0.486. The van der Waals surface area contributed by atoms with Crippen LogP contribution in [0, 0.1) is 5.92 Å². The van der Waals surface area contributed by atoms with Crippen molar-refractivity contribution in [1.29, 1.82) is 0 Å². The summed E-state index contributed by atoms with van der Waals surface area (Å²) < 4.78 is 5.23. The van der Waals surface area contributed by atoms with Crippen LogP contribution in [-0.4, -0.2) is 18.2 Å². The lowest BCUT2D eigenvalue weighted by atomic mass is 9.93. The number of amides is 1. The maximum Gasteiger partial charge on any atom is 0.407 e. The van der Waals surface area contributed by atoms with E-state index in [9.17, 15) is 4.79 Å². The Balaban J connectivity index is 2.38. The molecule has 0 unspecified atom stereocenters. The molecular formula is C18H27NO2. The van der Waals surface area contributed by atoms with Crippen molar-refractivity contribution in [2.75, 3.05) is 6.54 Å². The highest BCUT2D eigenvalue weighted by Crippen LogP contribution is 2.16. The Kier molecular flexibility index (Phi) is 7.00. The van der Waals surface area contributed by atoms with Crippen LogP contribution in [0.15, 0.2) is 43.0 Å². The molecular weight excluding hydrogens is 262 g/mol. The van der Waals surface area contributed by atoms with Gasteiger partial charge < -0.3 is 10.1 Å². The van der Waals surface area contributed by atoms with Crippen LogP contribution in [0.5, 0.6) is 0 Å². The van der Waals surface area contributed by atoms with Crippen molar-refractivity contribution >= 4 is 6.09 Å². The van der Waals surface area contributed by atoms with Crippen molar-refractivity contribution in [2.45, 2.75) is 45.6 Å². The molecule has 1 atom stereocenters. The molecule has 0 fully saturated rings. The zero-order valence-corrected chi connectivity index (χ0v) is 13.4. The van der Waals surface area contributed by atoms with E-state index >= 15 is 0 Å². The average molecular weight is 289 g/mol. The van der Waals surface area contributed by atoms with E-state index in [1.807, 2.05) is 32.9 Å². The molecule has 0 radical (unpaired) electrons. The van der Waals surface area contributed by atoms with Gasteiger partial charge in [0.2, 0.25) is 0 Å². The second-order valence-corrected chi connectivity index (χ2v) is 6.30. The van der Waals surface area contributed by atoms with E-state index in [0.29, 0.717) is 12.5 Å². The van der Waals surface area contributed by atoms with Gasteiger partial charge in [0.1, 0.15) is 5.60 Å². The summed E-state index contributed by atoms with van der Waals surface area (Å²) in [6, 6.07) is 10.4. The number of nitrogens with one attached hydrogen (secondary N) is 1. The van der Waals surface area contributed by atoms with E-state index in [0.717, 1.165) is 19.3 Å². The molecule has 0 aliphatic heterocycles. The summed E-state index contributed by atoms with van der Waals surface area (Å²) >= 11 is 0. The van der Waals surface area contributed by atoms with Gasteiger partial charge in [-0.15, -0.1) is 6.58 Å². The minimum Gasteiger partial charge on any atom is -0.444 e. The van der Waals surface area contributed by atoms with Crippen LogP contribution in [-0.2, 0) is 11.2 Å². The molecule has 1 N–H and O–H groups in total. The Hall–Kier alpha value is -1.77. The zero-order chi connectivity index (χ0) is 15.7. The predicted octanol–water partition coefficient (Wildman–Crippen LogP) is 4.34. The van der Waals surface area contributed by atoms with Crippen molar-refractivity contribution < 1.29 is 9.53 Å². The van der Waals surface area contributed by atoms with Crippen molar-refractivity contribution in [3.8, 4) is 0 Å². The Morgan fingerprint density at radius 2 is 2.00 bits per heavy atom. The lowest BCUT2D eigenvalue weighted by Crippen LogP contribution is -2.33. The molecule has 21 heavy (non-hydrogen) atoms.